The highest BCUT2D eigenvalue weighted by Crippen LogP contribution is 2.40. The third-order valence-corrected chi connectivity index (χ3v) is 10.5. The van der Waals surface area contributed by atoms with E-state index in [2.05, 4.69) is 31.4 Å². The van der Waals surface area contributed by atoms with Gasteiger partial charge in [-0.1, -0.05) is 36.4 Å². The summed E-state index contributed by atoms with van der Waals surface area (Å²) in [4.78, 5) is 46.2. The molecule has 1 amide bonds. The Balaban J connectivity index is 1.10. The van der Waals surface area contributed by atoms with Crippen LogP contribution in [0, 0.1) is 10.1 Å². The molecule has 2 heterocycles. The van der Waals surface area contributed by atoms with Gasteiger partial charge in [0, 0.05) is 68.1 Å². The Morgan fingerprint density at radius 2 is 1.53 bits per heavy atom. The molecule has 0 fully saturated rings. The largest absolute Gasteiger partial charge is 0.493 e. The molecule has 2 unspecified atom stereocenters. The van der Waals surface area contributed by atoms with Crippen molar-refractivity contribution in [1.29, 1.82) is 0 Å². The number of likely N-dealkylation sites (N-methyl/N-ethyl adjacent to an activating group) is 1. The first-order valence-electron chi connectivity index (χ1n) is 18.2. The molecular weight excluding hydrogens is 745 g/mol. The summed E-state index contributed by atoms with van der Waals surface area (Å²) in [7, 11) is 9.35. The molecule has 13 nitrogen and oxygen atoms in total. The molecule has 14 heteroatoms. The molecule has 0 spiro atoms. The number of aliphatic imine (C=N–C) groups is 1. The van der Waals surface area contributed by atoms with Crippen LogP contribution in [0.1, 0.15) is 43.0 Å². The summed E-state index contributed by atoms with van der Waals surface area (Å²) in [5.74, 6) is 1.15. The van der Waals surface area contributed by atoms with E-state index >= 15 is 0 Å². The quantitative estimate of drug-likeness (QED) is 0.0361. The van der Waals surface area contributed by atoms with Crippen LogP contribution >= 0.6 is 9.39 Å². The number of methoxy groups -OCH3 is 2. The Morgan fingerprint density at radius 3 is 2.16 bits per heavy atom. The third kappa shape index (κ3) is 8.10. The van der Waals surface area contributed by atoms with Gasteiger partial charge in [0.2, 0.25) is 0 Å². The fraction of sp³-hybridized carbons (Fsp3) is 0.233. The summed E-state index contributed by atoms with van der Waals surface area (Å²) >= 11 is 0. The molecule has 0 bridgehead atoms. The van der Waals surface area contributed by atoms with E-state index in [1.165, 1.54) is 31.9 Å². The van der Waals surface area contributed by atoms with Gasteiger partial charge in [-0.25, -0.2) is 0 Å². The van der Waals surface area contributed by atoms with E-state index in [0.29, 0.717) is 69.5 Å². The van der Waals surface area contributed by atoms with E-state index in [1.54, 1.807) is 39.9 Å². The second-order valence-electron chi connectivity index (χ2n) is 13.8. The Bertz CT molecular complexity index is 2380. The zero-order valence-electron chi connectivity index (χ0n) is 32.0. The van der Waals surface area contributed by atoms with Crippen molar-refractivity contribution in [2.45, 2.75) is 32.1 Å². The van der Waals surface area contributed by atoms with E-state index < -0.39 is 4.92 Å². The van der Waals surface area contributed by atoms with E-state index in [4.69, 9.17) is 18.9 Å². The second kappa shape index (κ2) is 16.7. The first kappa shape index (κ1) is 38.8. The molecule has 5 aromatic carbocycles. The number of benzene rings is 5. The number of anilines is 3. The molecule has 2 aliphatic rings. The number of fused-ring (bicyclic) bond motifs is 2. The Labute approximate surface area is 332 Å². The highest BCUT2D eigenvalue weighted by atomic mass is 31.0. The molecule has 57 heavy (non-hydrogen) atoms. The van der Waals surface area contributed by atoms with E-state index in [9.17, 15) is 19.7 Å². The van der Waals surface area contributed by atoms with Gasteiger partial charge in [0.05, 0.1) is 42.1 Å². The zero-order valence-corrected chi connectivity index (χ0v) is 33.2. The van der Waals surface area contributed by atoms with Crippen LogP contribution < -0.4 is 33.4 Å². The monoisotopic (exact) mass is 787 g/mol. The number of hydrogen-bond acceptors (Lipinski definition) is 11. The van der Waals surface area contributed by atoms with Gasteiger partial charge < -0.3 is 33.4 Å². The highest BCUT2D eigenvalue weighted by molar-refractivity contribution is 7.19. The molecule has 2 aliphatic heterocycles. The summed E-state index contributed by atoms with van der Waals surface area (Å²) in [6.07, 6.45) is 4.09. The average molecular weight is 788 g/mol. The lowest BCUT2D eigenvalue weighted by Gasteiger charge is -2.24. The van der Waals surface area contributed by atoms with Crippen LogP contribution in [0.5, 0.6) is 23.0 Å². The number of rotatable bonds is 14. The van der Waals surface area contributed by atoms with Gasteiger partial charge in [0.1, 0.15) is 13.2 Å². The number of carbonyl (C=O) groups is 2. The minimum atomic E-state index is -0.476. The topological polar surface area (TPSA) is 136 Å². The molecule has 0 saturated carbocycles. The van der Waals surface area contributed by atoms with Crippen molar-refractivity contribution in [3.63, 3.8) is 0 Å². The van der Waals surface area contributed by atoms with Crippen LogP contribution in [0.25, 0.3) is 0 Å². The number of aldehydes is 1. The molecule has 0 aliphatic carbocycles. The fourth-order valence-electron chi connectivity index (χ4n) is 7.25. The number of nitrogens with zero attached hydrogens (tertiary/aromatic N) is 5. The van der Waals surface area contributed by atoms with Gasteiger partial charge in [-0.2, -0.15) is 0 Å². The van der Waals surface area contributed by atoms with E-state index in [1.807, 2.05) is 56.7 Å². The minimum Gasteiger partial charge on any atom is -0.493 e. The maximum absolute atomic E-state index is 13.9. The SMILES string of the molecule is COc1cc(C=O)c(/N=C\C2Cc3ccccc3N2C)cc1OCc1cc(COc2cc(N(C)P)c(C(=O)N3CCc4ccccc43)cc2OC)cc([N+](=O)[O-])c1. The normalized spacial score (nSPS) is 14.3. The van der Waals surface area contributed by atoms with Crippen LogP contribution in [-0.2, 0) is 26.1 Å². The van der Waals surface area contributed by atoms with Crippen molar-refractivity contribution in [3.05, 3.63) is 134 Å². The Hall–Kier alpha value is -6.46. The maximum atomic E-state index is 13.9. The van der Waals surface area contributed by atoms with Crippen LogP contribution in [0.15, 0.2) is 96.0 Å². The lowest BCUT2D eigenvalue weighted by atomic mass is 10.1. The first-order valence-corrected chi connectivity index (χ1v) is 18.7. The molecule has 5 aromatic rings. The predicted molar refractivity (Wildman–Crippen MR) is 224 cm³/mol. The molecule has 0 saturated heterocycles. The van der Waals surface area contributed by atoms with Gasteiger partial charge in [0.25, 0.3) is 11.6 Å². The standard InChI is InChI=1S/C43H42N5O8P/c1-45-33(18-30-10-6-7-11-36(30)45)23-44-35-21-41(39(53-3)19-31(35)24-49)55-25-27-15-28(17-32(16-27)48(51)52)26-56-42-22-38(46(2)57)34(20-40(42)54-4)43(50)47-14-13-29-9-5-8-12-37(29)47/h5-12,15-17,19-24,33H,13-14,18,25-26,57H2,1-4H3/b44-23-. The lowest BCUT2D eigenvalue weighted by molar-refractivity contribution is -0.385. The molecule has 0 N–H and O–H groups in total. The summed E-state index contributed by atoms with van der Waals surface area (Å²) in [6, 6.07) is 27.2. The molecular formula is C43H42N5O8P. The second-order valence-corrected chi connectivity index (χ2v) is 14.6. The van der Waals surface area contributed by atoms with Gasteiger partial charge >= 0.3 is 0 Å². The van der Waals surface area contributed by atoms with E-state index in [-0.39, 0.29) is 30.9 Å². The van der Waals surface area contributed by atoms with E-state index in [0.717, 1.165) is 29.8 Å². The van der Waals surface area contributed by atoms with Crippen LogP contribution in [0.4, 0.5) is 28.4 Å². The summed E-state index contributed by atoms with van der Waals surface area (Å²) in [5, 5.41) is 12.0. The zero-order chi connectivity index (χ0) is 40.2. The maximum Gasteiger partial charge on any atom is 0.270 e. The summed E-state index contributed by atoms with van der Waals surface area (Å²) in [6.45, 7) is 0.460. The van der Waals surface area contributed by atoms with Crippen LogP contribution in [0.2, 0.25) is 0 Å². The number of nitro benzene ring substituents is 1. The number of hydrogen-bond donors (Lipinski definition) is 0. The molecule has 2 atom stereocenters. The van der Waals surface area contributed by atoms with Crippen molar-refractivity contribution in [1.82, 2.24) is 0 Å². The molecule has 292 valence electrons. The molecule has 0 radical (unpaired) electrons. The summed E-state index contributed by atoms with van der Waals surface area (Å²) < 4.78 is 25.4. The Kier molecular flexibility index (Phi) is 11.4. The van der Waals surface area contributed by atoms with Crippen molar-refractivity contribution >= 4 is 56.2 Å². The summed E-state index contributed by atoms with van der Waals surface area (Å²) in [5.41, 5.74) is 6.98. The smallest absolute Gasteiger partial charge is 0.270 e. The lowest BCUT2D eigenvalue weighted by Crippen LogP contribution is -2.30. The third-order valence-electron chi connectivity index (χ3n) is 10.2. The minimum absolute atomic E-state index is 0.000683. The van der Waals surface area contributed by atoms with Crippen molar-refractivity contribution in [2.75, 3.05) is 49.3 Å². The number of non-ortho nitro benzene ring substituents is 1. The molecule has 0 aromatic heterocycles. The van der Waals surface area contributed by atoms with Gasteiger partial charge in [-0.15, -0.1) is 0 Å². The van der Waals surface area contributed by atoms with Crippen molar-refractivity contribution in [3.8, 4) is 23.0 Å². The van der Waals surface area contributed by atoms with Crippen molar-refractivity contribution in [2.24, 2.45) is 4.99 Å². The van der Waals surface area contributed by atoms with Crippen LogP contribution in [0.3, 0.4) is 0 Å². The number of para-hydroxylation sites is 2. The van der Waals surface area contributed by atoms with Crippen LogP contribution in [-0.4, -0.2) is 64.2 Å². The number of ether oxygens (including phenoxy) is 4. The van der Waals surface area contributed by atoms with Gasteiger partial charge in [0.15, 0.2) is 29.3 Å². The average Bonchev–Trinajstić information content (AvgIpc) is 3.81. The predicted octanol–water partition coefficient (Wildman–Crippen LogP) is 7.78. The van der Waals surface area contributed by atoms with Gasteiger partial charge in [-0.3, -0.25) is 24.7 Å². The molecule has 7 rings (SSSR count). The Morgan fingerprint density at radius 1 is 0.895 bits per heavy atom. The van der Waals surface area contributed by atoms with Crippen molar-refractivity contribution < 1.29 is 33.5 Å². The first-order chi connectivity index (χ1) is 27.6. The van der Waals surface area contributed by atoms with Gasteiger partial charge in [-0.05, 0) is 74.8 Å². The number of carbonyl (C=O) groups excluding carboxylic acids is 2. The number of nitro groups is 1. The highest BCUT2D eigenvalue weighted by Gasteiger charge is 2.29. The fourth-order valence-corrected chi connectivity index (χ4v) is 7.46. The number of amides is 1.